The van der Waals surface area contributed by atoms with Crippen LogP contribution in [0, 0.1) is 0 Å². The zero-order valence-electron chi connectivity index (χ0n) is 14.3. The van der Waals surface area contributed by atoms with Crippen molar-refractivity contribution in [1.82, 2.24) is 0 Å². The summed E-state index contributed by atoms with van der Waals surface area (Å²) in [5.74, 6) is 0.566. The van der Waals surface area contributed by atoms with Gasteiger partial charge in [0.15, 0.2) is 5.17 Å². The Bertz CT molecular complexity index is 1020. The van der Waals surface area contributed by atoms with Gasteiger partial charge in [0.2, 0.25) is 0 Å². The Morgan fingerprint density at radius 3 is 3.00 bits per heavy atom. The predicted octanol–water partition coefficient (Wildman–Crippen LogP) is 3.67. The lowest BCUT2D eigenvalue weighted by Crippen LogP contribution is -2.14. The fourth-order valence-corrected chi connectivity index (χ4v) is 4.01. The Morgan fingerprint density at radius 1 is 1.27 bits per heavy atom. The number of aliphatic imine (C=N–C) groups is 1. The molecule has 0 bridgehead atoms. The van der Waals surface area contributed by atoms with Crippen LogP contribution in [0.4, 0.5) is 0 Å². The molecule has 6 heteroatoms. The predicted molar refractivity (Wildman–Crippen MR) is 107 cm³/mol. The van der Waals surface area contributed by atoms with Gasteiger partial charge in [-0.1, -0.05) is 42.1 Å². The van der Waals surface area contributed by atoms with Gasteiger partial charge in [0.25, 0.3) is 0 Å². The van der Waals surface area contributed by atoms with Crippen molar-refractivity contribution in [2.75, 3.05) is 13.2 Å². The molecule has 0 unspecified atom stereocenters. The van der Waals surface area contributed by atoms with Crippen molar-refractivity contribution in [2.24, 2.45) is 10.7 Å². The first-order chi connectivity index (χ1) is 12.7. The Balaban J connectivity index is 1.62. The molecule has 0 radical (unpaired) electrons. The topological polar surface area (TPSA) is 77.8 Å². The molecule has 5 nitrogen and oxygen atoms in total. The molecule has 0 spiro atoms. The molecule has 0 saturated carbocycles. The number of ether oxygens (including phenoxy) is 1. The SMILES string of the molecule is NC(=NC[C@@H]1CCCO1)SCc1cc(=O)oc2ccc3ccccc3c12. The van der Waals surface area contributed by atoms with E-state index in [2.05, 4.69) is 4.99 Å². The molecular formula is C20H20N2O3S. The molecule has 1 aliphatic heterocycles. The second-order valence-corrected chi connectivity index (χ2v) is 7.35. The van der Waals surface area contributed by atoms with Gasteiger partial charge in [-0.05, 0) is 35.2 Å². The molecule has 134 valence electrons. The van der Waals surface area contributed by atoms with Crippen LogP contribution in [0.15, 0.2) is 56.7 Å². The van der Waals surface area contributed by atoms with E-state index >= 15 is 0 Å². The minimum atomic E-state index is -0.349. The van der Waals surface area contributed by atoms with Crippen LogP contribution < -0.4 is 11.4 Å². The van der Waals surface area contributed by atoms with Gasteiger partial charge in [0.05, 0.1) is 12.6 Å². The number of nitrogens with zero attached hydrogens (tertiary/aromatic N) is 1. The zero-order chi connectivity index (χ0) is 17.9. The maximum Gasteiger partial charge on any atom is 0.336 e. The minimum absolute atomic E-state index is 0.183. The van der Waals surface area contributed by atoms with E-state index < -0.39 is 0 Å². The number of amidine groups is 1. The summed E-state index contributed by atoms with van der Waals surface area (Å²) in [5, 5.41) is 3.66. The lowest BCUT2D eigenvalue weighted by Gasteiger charge is -2.09. The number of nitrogens with two attached hydrogens (primary N) is 1. The summed E-state index contributed by atoms with van der Waals surface area (Å²) < 4.78 is 11.0. The molecule has 0 amide bonds. The monoisotopic (exact) mass is 368 g/mol. The highest BCUT2D eigenvalue weighted by Crippen LogP contribution is 2.29. The van der Waals surface area contributed by atoms with E-state index in [0.717, 1.165) is 41.2 Å². The van der Waals surface area contributed by atoms with E-state index in [9.17, 15) is 4.79 Å². The Hall–Kier alpha value is -2.31. The molecule has 1 fully saturated rings. The van der Waals surface area contributed by atoms with Gasteiger partial charge in [-0.2, -0.15) is 0 Å². The molecular weight excluding hydrogens is 348 g/mol. The summed E-state index contributed by atoms with van der Waals surface area (Å²) in [6, 6.07) is 13.4. The van der Waals surface area contributed by atoms with Crippen molar-refractivity contribution in [3.8, 4) is 0 Å². The second-order valence-electron chi connectivity index (χ2n) is 6.35. The van der Waals surface area contributed by atoms with Crippen LogP contribution in [-0.4, -0.2) is 24.4 Å². The van der Waals surface area contributed by atoms with Gasteiger partial charge >= 0.3 is 5.63 Å². The number of thioether (sulfide) groups is 1. The Kier molecular flexibility index (Phi) is 4.95. The molecule has 2 N–H and O–H groups in total. The van der Waals surface area contributed by atoms with Crippen LogP contribution >= 0.6 is 11.8 Å². The molecule has 26 heavy (non-hydrogen) atoms. The number of benzene rings is 2. The average molecular weight is 368 g/mol. The summed E-state index contributed by atoms with van der Waals surface area (Å²) in [4.78, 5) is 16.3. The van der Waals surface area contributed by atoms with E-state index in [1.807, 2.05) is 36.4 Å². The van der Waals surface area contributed by atoms with Crippen LogP contribution in [0.25, 0.3) is 21.7 Å². The van der Waals surface area contributed by atoms with E-state index in [0.29, 0.717) is 23.0 Å². The Labute approximate surface area is 155 Å². The van der Waals surface area contributed by atoms with Crippen molar-refractivity contribution in [3.05, 3.63) is 58.4 Å². The van der Waals surface area contributed by atoms with Gasteiger partial charge < -0.3 is 14.9 Å². The van der Waals surface area contributed by atoms with Crippen molar-refractivity contribution >= 4 is 38.7 Å². The van der Waals surface area contributed by atoms with Gasteiger partial charge in [0.1, 0.15) is 5.58 Å². The van der Waals surface area contributed by atoms with Crippen LogP contribution in [0.2, 0.25) is 0 Å². The van der Waals surface area contributed by atoms with Crippen LogP contribution in [0.1, 0.15) is 18.4 Å². The van der Waals surface area contributed by atoms with Crippen molar-refractivity contribution in [3.63, 3.8) is 0 Å². The maximum atomic E-state index is 11.9. The standard InChI is InChI=1S/C20H20N2O3S/c21-20(22-11-15-5-3-9-24-15)26-12-14-10-18(23)25-17-8-7-13-4-1-2-6-16(13)19(14)17/h1-2,4,6-8,10,15H,3,5,9,11-12H2,(H2,21,22)/t15-/m0/s1. The molecule has 4 rings (SSSR count). The van der Waals surface area contributed by atoms with Crippen molar-refractivity contribution < 1.29 is 9.15 Å². The van der Waals surface area contributed by atoms with Crippen LogP contribution in [-0.2, 0) is 10.5 Å². The van der Waals surface area contributed by atoms with Gasteiger partial charge in [-0.15, -0.1) is 0 Å². The first-order valence-electron chi connectivity index (χ1n) is 8.69. The number of fused-ring (bicyclic) bond motifs is 3. The Morgan fingerprint density at radius 2 is 2.15 bits per heavy atom. The lowest BCUT2D eigenvalue weighted by molar-refractivity contribution is 0.118. The highest BCUT2D eigenvalue weighted by molar-refractivity contribution is 8.13. The van der Waals surface area contributed by atoms with Gasteiger partial charge in [0, 0.05) is 23.8 Å². The maximum absolute atomic E-state index is 11.9. The van der Waals surface area contributed by atoms with E-state index in [1.165, 1.54) is 11.8 Å². The summed E-state index contributed by atoms with van der Waals surface area (Å²) in [7, 11) is 0. The third-order valence-corrected chi connectivity index (χ3v) is 5.45. The highest BCUT2D eigenvalue weighted by Gasteiger charge is 2.15. The number of hydrogen-bond acceptors (Lipinski definition) is 5. The lowest BCUT2D eigenvalue weighted by atomic mass is 10.0. The first kappa shape index (κ1) is 17.1. The van der Waals surface area contributed by atoms with E-state index in [1.54, 1.807) is 6.07 Å². The fraction of sp³-hybridized carbons (Fsp3) is 0.300. The second kappa shape index (κ2) is 7.51. The average Bonchev–Trinajstić information content (AvgIpc) is 3.17. The molecule has 2 aromatic carbocycles. The number of rotatable bonds is 4. The summed E-state index contributed by atoms with van der Waals surface area (Å²) in [6.45, 7) is 1.41. The molecule has 2 heterocycles. The minimum Gasteiger partial charge on any atom is -0.423 e. The van der Waals surface area contributed by atoms with E-state index in [-0.39, 0.29) is 11.7 Å². The molecule has 0 aliphatic carbocycles. The van der Waals surface area contributed by atoms with Crippen LogP contribution in [0.3, 0.4) is 0 Å². The largest absolute Gasteiger partial charge is 0.423 e. The fourth-order valence-electron chi connectivity index (χ4n) is 3.31. The molecule has 1 saturated heterocycles. The summed E-state index contributed by atoms with van der Waals surface area (Å²) in [6.07, 6.45) is 2.31. The van der Waals surface area contributed by atoms with Gasteiger partial charge in [-0.25, -0.2) is 4.79 Å². The summed E-state index contributed by atoms with van der Waals surface area (Å²) >= 11 is 1.44. The third kappa shape index (κ3) is 3.61. The molecule has 1 aromatic heterocycles. The van der Waals surface area contributed by atoms with Crippen molar-refractivity contribution in [1.29, 1.82) is 0 Å². The highest BCUT2D eigenvalue weighted by atomic mass is 32.2. The van der Waals surface area contributed by atoms with E-state index in [4.69, 9.17) is 14.9 Å². The first-order valence-corrected chi connectivity index (χ1v) is 9.68. The molecule has 1 atom stereocenters. The van der Waals surface area contributed by atoms with Crippen molar-refractivity contribution in [2.45, 2.75) is 24.7 Å². The number of hydrogen-bond donors (Lipinski definition) is 1. The smallest absolute Gasteiger partial charge is 0.336 e. The third-order valence-electron chi connectivity index (χ3n) is 4.56. The van der Waals surface area contributed by atoms with Gasteiger partial charge in [-0.3, -0.25) is 4.99 Å². The molecule has 1 aliphatic rings. The normalized spacial score (nSPS) is 18.0. The molecule has 3 aromatic rings. The summed E-state index contributed by atoms with van der Waals surface area (Å²) in [5.41, 5.74) is 7.21. The quantitative estimate of drug-likeness (QED) is 0.329. The van der Waals surface area contributed by atoms with Crippen LogP contribution in [0.5, 0.6) is 0 Å². The zero-order valence-corrected chi connectivity index (χ0v) is 15.1.